The number of benzene rings is 3. The Balaban J connectivity index is 1.25. The summed E-state index contributed by atoms with van der Waals surface area (Å²) in [5, 5.41) is 14.8. The second kappa shape index (κ2) is 14.7. The minimum atomic E-state index is -3.67. The van der Waals surface area contributed by atoms with E-state index in [9.17, 15) is 18.0 Å². The van der Waals surface area contributed by atoms with Crippen molar-refractivity contribution in [1.82, 2.24) is 24.4 Å². The number of nitrogens with one attached hydrogen (secondary N) is 2. The van der Waals surface area contributed by atoms with Crippen molar-refractivity contribution in [3.8, 4) is 11.4 Å². The quantitative estimate of drug-likeness (QED) is 0.220. The highest BCUT2D eigenvalue weighted by molar-refractivity contribution is 7.99. The zero-order valence-corrected chi connectivity index (χ0v) is 26.6. The number of amides is 2. The lowest BCUT2D eigenvalue weighted by Gasteiger charge is -2.26. The van der Waals surface area contributed by atoms with E-state index in [1.54, 1.807) is 28.8 Å². The van der Waals surface area contributed by atoms with Gasteiger partial charge in [-0.05, 0) is 80.1 Å². The first kappa shape index (κ1) is 32.2. The lowest BCUT2D eigenvalue weighted by atomic mass is 10.2. The lowest BCUT2D eigenvalue weighted by molar-refractivity contribution is -0.113. The molecule has 0 radical (unpaired) electrons. The average molecular weight is 651 g/mol. The van der Waals surface area contributed by atoms with Crippen LogP contribution < -0.4 is 15.4 Å². The zero-order valence-electron chi connectivity index (χ0n) is 24.9. The van der Waals surface area contributed by atoms with Gasteiger partial charge in [0.2, 0.25) is 15.9 Å². The fourth-order valence-electron chi connectivity index (χ4n) is 4.64. The Kier molecular flexibility index (Phi) is 10.5. The number of ether oxygens (including phenoxy) is 2. The number of hydrogen-bond donors (Lipinski definition) is 2. The molecule has 5 rings (SSSR count). The van der Waals surface area contributed by atoms with Gasteiger partial charge >= 0.3 is 0 Å². The zero-order chi connectivity index (χ0) is 31.8. The molecule has 1 saturated heterocycles. The number of rotatable bonds is 12. The van der Waals surface area contributed by atoms with Crippen molar-refractivity contribution in [3.05, 3.63) is 89.7 Å². The number of carbonyl (C=O) groups excluding carboxylic acids is 2. The van der Waals surface area contributed by atoms with Gasteiger partial charge in [-0.25, -0.2) is 8.42 Å². The van der Waals surface area contributed by atoms with Gasteiger partial charge in [0.1, 0.15) is 5.75 Å². The maximum absolute atomic E-state index is 13.0. The highest BCUT2D eigenvalue weighted by atomic mass is 32.2. The van der Waals surface area contributed by atoms with Crippen molar-refractivity contribution in [2.75, 3.05) is 44.0 Å². The van der Waals surface area contributed by atoms with Crippen LogP contribution in [0.5, 0.6) is 5.75 Å². The van der Waals surface area contributed by atoms with E-state index >= 15 is 0 Å². The summed E-state index contributed by atoms with van der Waals surface area (Å²) in [5.74, 6) is 0.674. The SMILES string of the molecule is CCOc1ccc(NC(=O)CSc2nnc(CNC(=O)c3ccc(S(=O)(=O)N4CCOCC4)cc3)n2-c2cccc(C)c2)cc1. The number of nitrogens with zero attached hydrogens (tertiary/aromatic N) is 4. The number of aryl methyl sites for hydroxylation is 1. The molecule has 3 aromatic carbocycles. The Bertz CT molecular complexity index is 1740. The van der Waals surface area contributed by atoms with E-state index in [0.717, 1.165) is 17.0 Å². The van der Waals surface area contributed by atoms with Crippen LogP contribution >= 0.6 is 11.8 Å². The van der Waals surface area contributed by atoms with Crippen molar-refractivity contribution in [3.63, 3.8) is 0 Å². The van der Waals surface area contributed by atoms with Crippen LogP contribution in [0.1, 0.15) is 28.7 Å². The molecular weight excluding hydrogens is 617 g/mol. The first-order valence-electron chi connectivity index (χ1n) is 14.4. The monoisotopic (exact) mass is 650 g/mol. The van der Waals surface area contributed by atoms with Gasteiger partial charge in [0.15, 0.2) is 11.0 Å². The third-order valence-corrected chi connectivity index (χ3v) is 9.71. The van der Waals surface area contributed by atoms with Crippen LogP contribution in [0.3, 0.4) is 0 Å². The minimum absolute atomic E-state index is 0.0482. The first-order chi connectivity index (χ1) is 21.7. The molecule has 12 nitrogen and oxygen atoms in total. The predicted octanol–water partition coefficient (Wildman–Crippen LogP) is 3.66. The van der Waals surface area contributed by atoms with Crippen LogP contribution in [0.15, 0.2) is 82.8 Å². The molecule has 236 valence electrons. The molecular formula is C31H34N6O6S2. The first-order valence-corrected chi connectivity index (χ1v) is 16.8. The Morgan fingerprint density at radius 3 is 2.42 bits per heavy atom. The fraction of sp³-hybridized carbons (Fsp3) is 0.290. The third kappa shape index (κ3) is 8.08. The van der Waals surface area contributed by atoms with E-state index < -0.39 is 15.9 Å². The number of aromatic nitrogens is 3. The van der Waals surface area contributed by atoms with Crippen LogP contribution in [0, 0.1) is 6.92 Å². The summed E-state index contributed by atoms with van der Waals surface area (Å²) < 4.78 is 39.7. The molecule has 0 aliphatic carbocycles. The normalized spacial score (nSPS) is 13.7. The molecule has 14 heteroatoms. The molecule has 0 bridgehead atoms. The second-order valence-corrected chi connectivity index (χ2v) is 13.0. The molecule has 2 heterocycles. The number of anilines is 1. The molecule has 1 aliphatic rings. The Labute approximate surface area is 266 Å². The van der Waals surface area contributed by atoms with Gasteiger partial charge in [0.05, 0.1) is 37.0 Å². The Hall–Kier alpha value is -4.24. The summed E-state index contributed by atoms with van der Waals surface area (Å²) in [5.41, 5.74) is 2.77. The van der Waals surface area contributed by atoms with Gasteiger partial charge < -0.3 is 20.1 Å². The van der Waals surface area contributed by atoms with Crippen LogP contribution in [0.25, 0.3) is 5.69 Å². The Morgan fingerprint density at radius 2 is 1.73 bits per heavy atom. The molecule has 1 aromatic heterocycles. The molecule has 1 fully saturated rings. The number of morpholine rings is 1. The molecule has 0 unspecified atom stereocenters. The van der Waals surface area contributed by atoms with E-state index in [1.165, 1.54) is 40.3 Å². The average Bonchev–Trinajstić information content (AvgIpc) is 3.47. The molecule has 0 atom stereocenters. The summed E-state index contributed by atoms with van der Waals surface area (Å²) in [6.07, 6.45) is 0. The van der Waals surface area contributed by atoms with E-state index in [2.05, 4.69) is 20.8 Å². The molecule has 0 saturated carbocycles. The predicted molar refractivity (Wildman–Crippen MR) is 170 cm³/mol. The number of hydrogen-bond acceptors (Lipinski definition) is 9. The third-order valence-electron chi connectivity index (χ3n) is 6.87. The summed E-state index contributed by atoms with van der Waals surface area (Å²) >= 11 is 1.22. The summed E-state index contributed by atoms with van der Waals surface area (Å²) in [4.78, 5) is 25.9. The van der Waals surface area contributed by atoms with Gasteiger partial charge in [-0.2, -0.15) is 4.31 Å². The molecule has 2 amide bonds. The summed E-state index contributed by atoms with van der Waals surface area (Å²) in [7, 11) is -3.67. The summed E-state index contributed by atoms with van der Waals surface area (Å²) in [6.45, 7) is 5.77. The fourth-order valence-corrected chi connectivity index (χ4v) is 6.82. The van der Waals surface area contributed by atoms with Gasteiger partial charge in [-0.15, -0.1) is 10.2 Å². The number of sulfonamides is 1. The van der Waals surface area contributed by atoms with Crippen molar-refractivity contribution >= 4 is 39.3 Å². The molecule has 45 heavy (non-hydrogen) atoms. The topological polar surface area (TPSA) is 145 Å². The maximum atomic E-state index is 13.0. The Morgan fingerprint density at radius 1 is 1.00 bits per heavy atom. The van der Waals surface area contributed by atoms with Crippen LogP contribution in [0.4, 0.5) is 5.69 Å². The minimum Gasteiger partial charge on any atom is -0.494 e. The van der Waals surface area contributed by atoms with Gasteiger partial charge in [-0.3, -0.25) is 14.2 Å². The highest BCUT2D eigenvalue weighted by Crippen LogP contribution is 2.24. The maximum Gasteiger partial charge on any atom is 0.251 e. The molecule has 2 N–H and O–H groups in total. The molecule has 1 aliphatic heterocycles. The smallest absolute Gasteiger partial charge is 0.251 e. The number of carbonyl (C=O) groups is 2. The van der Waals surface area contributed by atoms with Crippen LogP contribution in [-0.4, -0.2) is 78.0 Å². The highest BCUT2D eigenvalue weighted by Gasteiger charge is 2.26. The van der Waals surface area contributed by atoms with Gasteiger partial charge in [0, 0.05) is 30.0 Å². The van der Waals surface area contributed by atoms with Crippen molar-refractivity contribution in [1.29, 1.82) is 0 Å². The van der Waals surface area contributed by atoms with E-state index in [1.807, 2.05) is 38.1 Å². The van der Waals surface area contributed by atoms with Crippen molar-refractivity contribution in [2.45, 2.75) is 30.4 Å². The van der Waals surface area contributed by atoms with E-state index in [-0.39, 0.29) is 23.1 Å². The molecule has 4 aromatic rings. The van der Waals surface area contributed by atoms with E-state index in [4.69, 9.17) is 9.47 Å². The number of thioether (sulfide) groups is 1. The van der Waals surface area contributed by atoms with Crippen LogP contribution in [-0.2, 0) is 26.1 Å². The lowest BCUT2D eigenvalue weighted by Crippen LogP contribution is -2.40. The van der Waals surface area contributed by atoms with Gasteiger partial charge in [-0.1, -0.05) is 23.9 Å². The van der Waals surface area contributed by atoms with E-state index in [0.29, 0.717) is 55.1 Å². The standard InChI is InChI=1S/C31H34N6O6S2/c1-3-43-26-11-9-24(10-12-26)33-29(38)21-44-31-35-34-28(37(31)25-6-4-5-22(2)19-25)20-32-30(39)23-7-13-27(14-8-23)45(40,41)36-15-17-42-18-16-36/h4-14,19H,3,15-18,20-21H2,1-2H3,(H,32,39)(H,33,38). The van der Waals surface area contributed by atoms with Gasteiger partial charge in [0.25, 0.3) is 5.91 Å². The van der Waals surface area contributed by atoms with Crippen molar-refractivity contribution < 1.29 is 27.5 Å². The summed E-state index contributed by atoms with van der Waals surface area (Å²) in [6, 6.07) is 20.7. The largest absolute Gasteiger partial charge is 0.494 e. The second-order valence-electron chi connectivity index (χ2n) is 10.1. The van der Waals surface area contributed by atoms with Crippen molar-refractivity contribution in [2.24, 2.45) is 0 Å². The van der Waals surface area contributed by atoms with Crippen LogP contribution in [0.2, 0.25) is 0 Å². The molecule has 0 spiro atoms.